The Kier molecular flexibility index (Phi) is 12.2. The number of allylic oxidation sites excluding steroid dienone is 1. The van der Waals surface area contributed by atoms with Crippen LogP contribution in [0.4, 0.5) is 5.69 Å². The van der Waals surface area contributed by atoms with Crippen LogP contribution in [0, 0.1) is 5.41 Å². The van der Waals surface area contributed by atoms with Crippen molar-refractivity contribution in [3.8, 4) is 0 Å². The largest absolute Gasteiger partial charge is 0.393 e. The number of nitrogens with zero attached hydrogens (tertiary/aromatic N) is 2. The van der Waals surface area contributed by atoms with Gasteiger partial charge in [0.1, 0.15) is 5.70 Å². The molecule has 41 heavy (non-hydrogen) atoms. The third-order valence-corrected chi connectivity index (χ3v) is 7.70. The molecule has 0 saturated carbocycles. The lowest BCUT2D eigenvalue weighted by molar-refractivity contribution is -0.118. The molecule has 0 spiro atoms. The first-order valence-electron chi connectivity index (χ1n) is 12.8. The van der Waals surface area contributed by atoms with Crippen LogP contribution in [-0.2, 0) is 9.59 Å². The molecule has 13 heteroatoms. The second kappa shape index (κ2) is 15.6. The van der Waals surface area contributed by atoms with Gasteiger partial charge >= 0.3 is 0 Å². The van der Waals surface area contributed by atoms with E-state index >= 15 is 0 Å². The number of hydrogen-bond acceptors (Lipinski definition) is 8. The quantitative estimate of drug-likeness (QED) is 0.146. The van der Waals surface area contributed by atoms with Gasteiger partial charge in [0, 0.05) is 48.5 Å². The number of carbonyl (C=O) groups is 3. The normalized spacial score (nSPS) is 15.0. The van der Waals surface area contributed by atoms with Gasteiger partial charge in [-0.2, -0.15) is 0 Å². The summed E-state index contributed by atoms with van der Waals surface area (Å²) in [4.78, 5) is 40.6. The summed E-state index contributed by atoms with van der Waals surface area (Å²) in [7, 11) is 3.87. The summed E-state index contributed by atoms with van der Waals surface area (Å²) >= 11 is 13.7. The van der Waals surface area contributed by atoms with E-state index in [1.54, 1.807) is 24.1 Å². The summed E-state index contributed by atoms with van der Waals surface area (Å²) in [6, 6.07) is 12.1. The monoisotopic (exact) mass is 617 g/mol. The van der Waals surface area contributed by atoms with E-state index < -0.39 is 11.8 Å². The van der Waals surface area contributed by atoms with E-state index in [1.807, 2.05) is 43.3 Å². The molecule has 1 fully saturated rings. The maximum atomic E-state index is 12.8. The second-order valence-electron chi connectivity index (χ2n) is 9.47. The van der Waals surface area contributed by atoms with Crippen molar-refractivity contribution >= 4 is 64.8 Å². The molecular formula is C28H33Cl2N7O3S. The van der Waals surface area contributed by atoms with E-state index in [0.29, 0.717) is 38.2 Å². The Morgan fingerprint density at radius 2 is 1.78 bits per heavy atom. The number of anilines is 1. The van der Waals surface area contributed by atoms with Gasteiger partial charge in [0.15, 0.2) is 0 Å². The van der Waals surface area contributed by atoms with Gasteiger partial charge in [-0.1, -0.05) is 41.4 Å². The number of rotatable bonds is 11. The van der Waals surface area contributed by atoms with Crippen LogP contribution in [0.15, 0.2) is 70.9 Å². The van der Waals surface area contributed by atoms with E-state index in [2.05, 4.69) is 20.3 Å². The maximum Gasteiger partial charge on any atom is 0.269 e. The maximum absolute atomic E-state index is 12.8. The van der Waals surface area contributed by atoms with Gasteiger partial charge in [0.25, 0.3) is 11.8 Å². The van der Waals surface area contributed by atoms with Crippen LogP contribution in [0.5, 0.6) is 0 Å². The van der Waals surface area contributed by atoms with Crippen LogP contribution in [0.25, 0.3) is 0 Å². The van der Waals surface area contributed by atoms with Crippen LogP contribution in [-0.4, -0.2) is 72.9 Å². The number of amides is 3. The zero-order valence-electron chi connectivity index (χ0n) is 22.7. The Morgan fingerprint density at radius 3 is 2.41 bits per heavy atom. The fraction of sp³-hybridized carbons (Fsp3) is 0.286. The van der Waals surface area contributed by atoms with Gasteiger partial charge in [-0.05, 0) is 69.2 Å². The van der Waals surface area contributed by atoms with Gasteiger partial charge in [0.2, 0.25) is 5.91 Å². The number of nitrogens with one attached hydrogen (secondary N) is 4. The van der Waals surface area contributed by atoms with Crippen LogP contribution >= 0.6 is 35.1 Å². The van der Waals surface area contributed by atoms with Gasteiger partial charge in [-0.25, -0.2) is 4.31 Å². The Balaban J connectivity index is 1.51. The predicted molar refractivity (Wildman–Crippen MR) is 165 cm³/mol. The van der Waals surface area contributed by atoms with Crippen LogP contribution in [0.1, 0.15) is 23.2 Å². The highest BCUT2D eigenvalue weighted by molar-refractivity contribution is 7.97. The minimum Gasteiger partial charge on any atom is -0.393 e. The van der Waals surface area contributed by atoms with Crippen molar-refractivity contribution in [2.45, 2.75) is 23.8 Å². The van der Waals surface area contributed by atoms with Crippen LogP contribution in [0.3, 0.4) is 0 Å². The second-order valence-corrected chi connectivity index (χ2v) is 11.5. The summed E-state index contributed by atoms with van der Waals surface area (Å²) in [6.45, 7) is 2.10. The average Bonchev–Trinajstić information content (AvgIpc) is 2.92. The molecule has 0 aliphatic carbocycles. The topological polar surface area (TPSA) is 144 Å². The Hall–Kier alpha value is -3.35. The Morgan fingerprint density at radius 1 is 1.12 bits per heavy atom. The molecule has 2 aromatic rings. The minimum absolute atomic E-state index is 0.0259. The average molecular weight is 619 g/mol. The van der Waals surface area contributed by atoms with Crippen molar-refractivity contribution < 1.29 is 14.4 Å². The van der Waals surface area contributed by atoms with E-state index in [-0.39, 0.29) is 39.0 Å². The molecule has 0 atom stereocenters. The number of carbonyl (C=O) groups excluding carboxylic acids is 3. The molecule has 0 aromatic heterocycles. The number of benzene rings is 2. The summed E-state index contributed by atoms with van der Waals surface area (Å²) in [5, 5.41) is 16.1. The molecule has 1 heterocycles. The number of nitrogens with two attached hydrogens (primary N) is 1. The van der Waals surface area contributed by atoms with Gasteiger partial charge < -0.3 is 32.0 Å². The molecule has 0 unspecified atom stereocenters. The lowest BCUT2D eigenvalue weighted by Gasteiger charge is -2.31. The van der Waals surface area contributed by atoms with Crippen molar-refractivity contribution in [2.24, 2.45) is 5.73 Å². The molecule has 10 nitrogen and oxygen atoms in total. The molecule has 2 aromatic carbocycles. The van der Waals surface area contributed by atoms with Gasteiger partial charge in [0.05, 0.1) is 21.3 Å². The zero-order valence-corrected chi connectivity index (χ0v) is 25.1. The first-order chi connectivity index (χ1) is 19.6. The van der Waals surface area contributed by atoms with Crippen molar-refractivity contribution in [3.05, 3.63) is 81.6 Å². The molecule has 1 aliphatic heterocycles. The summed E-state index contributed by atoms with van der Waals surface area (Å²) in [5.41, 5.74) is 6.29. The van der Waals surface area contributed by atoms with Crippen molar-refractivity contribution in [3.63, 3.8) is 0 Å². The SMILES string of the molecule is CN(C)C/C=C/C(=O)Nc1cccc(SN2CCC(NC(=O)/C(N)=C(/C=N)NC(=O)c3c(Cl)cccc3Cl)CC2)c1. The lowest BCUT2D eigenvalue weighted by atomic mass is 10.1. The van der Waals surface area contributed by atoms with E-state index in [1.165, 1.54) is 18.2 Å². The van der Waals surface area contributed by atoms with Crippen molar-refractivity contribution in [1.82, 2.24) is 19.8 Å². The predicted octanol–water partition coefficient (Wildman–Crippen LogP) is 3.89. The first-order valence-corrected chi connectivity index (χ1v) is 14.3. The van der Waals surface area contributed by atoms with Gasteiger partial charge in [-0.3, -0.25) is 14.4 Å². The number of likely N-dealkylation sites (N-methyl/N-ethyl adjacent to an activating group) is 1. The molecule has 218 valence electrons. The summed E-state index contributed by atoms with van der Waals surface area (Å²) in [5.74, 6) is -1.44. The number of halogens is 2. The third-order valence-electron chi connectivity index (χ3n) is 5.98. The molecule has 3 rings (SSSR count). The minimum atomic E-state index is -0.676. The van der Waals surface area contributed by atoms with Crippen LogP contribution < -0.4 is 21.7 Å². The van der Waals surface area contributed by atoms with E-state index in [9.17, 15) is 14.4 Å². The molecule has 6 N–H and O–H groups in total. The highest BCUT2D eigenvalue weighted by atomic mass is 35.5. The fourth-order valence-corrected chi connectivity index (χ4v) is 5.47. The summed E-state index contributed by atoms with van der Waals surface area (Å²) in [6.07, 6.45) is 5.49. The smallest absolute Gasteiger partial charge is 0.269 e. The molecule has 0 radical (unpaired) electrons. The molecule has 0 bridgehead atoms. The zero-order chi connectivity index (χ0) is 29.9. The fourth-order valence-electron chi connectivity index (χ4n) is 3.89. The first kappa shape index (κ1) is 32.2. The standard InChI is InChI=1S/C28H33Cl2N7O3S/c1-36(2)13-5-10-24(38)33-19-6-3-7-20(16-19)41-37-14-11-18(12-15-37)34-28(40)26(32)23(17-31)35-27(39)25-21(29)8-4-9-22(25)30/h3-10,16-18,31H,11-15,32H2,1-2H3,(H,33,38)(H,34,40)(H,35,39)/b10-5+,26-23+,31-17?. The number of hydrogen-bond donors (Lipinski definition) is 5. The van der Waals surface area contributed by atoms with Crippen LogP contribution in [0.2, 0.25) is 10.0 Å². The highest BCUT2D eigenvalue weighted by Gasteiger charge is 2.24. The van der Waals surface area contributed by atoms with E-state index in [4.69, 9.17) is 34.3 Å². The molecule has 1 aliphatic rings. The third kappa shape index (κ3) is 9.91. The molecular weight excluding hydrogens is 585 g/mol. The van der Waals surface area contributed by atoms with E-state index in [0.717, 1.165) is 11.1 Å². The molecule has 3 amide bonds. The lowest BCUT2D eigenvalue weighted by Crippen LogP contribution is -2.45. The van der Waals surface area contributed by atoms with Crippen molar-refractivity contribution in [1.29, 1.82) is 5.41 Å². The van der Waals surface area contributed by atoms with Gasteiger partial charge in [-0.15, -0.1) is 0 Å². The number of piperidine rings is 1. The highest BCUT2D eigenvalue weighted by Crippen LogP contribution is 2.28. The Bertz CT molecular complexity index is 1320. The molecule has 1 saturated heterocycles. The summed E-state index contributed by atoms with van der Waals surface area (Å²) < 4.78 is 2.19. The Labute approximate surface area is 253 Å². The van der Waals surface area contributed by atoms with Crippen molar-refractivity contribution in [2.75, 3.05) is 39.0 Å².